The molecule has 2 aromatic rings. The van der Waals surface area contributed by atoms with E-state index in [0.717, 1.165) is 11.1 Å². The fraction of sp³-hybridized carbons (Fsp3) is 0.250. The van der Waals surface area contributed by atoms with Crippen LogP contribution < -0.4 is 21.3 Å². The van der Waals surface area contributed by atoms with Crippen LogP contribution in [0.2, 0.25) is 0 Å². The molecule has 1 unspecified atom stereocenters. The summed E-state index contributed by atoms with van der Waals surface area (Å²) in [7, 11) is 1.55. The summed E-state index contributed by atoms with van der Waals surface area (Å²) in [6.07, 6.45) is 0. The van der Waals surface area contributed by atoms with E-state index in [9.17, 15) is 14.4 Å². The molecule has 0 saturated heterocycles. The van der Waals surface area contributed by atoms with Crippen LogP contribution in [0.4, 0.5) is 16.2 Å². The van der Waals surface area contributed by atoms with Gasteiger partial charge in [0.05, 0.1) is 0 Å². The first-order valence-corrected chi connectivity index (χ1v) is 8.58. The minimum absolute atomic E-state index is 0.219. The Labute approximate surface area is 158 Å². The molecule has 0 radical (unpaired) electrons. The number of hydrogen-bond donors (Lipinski definition) is 4. The van der Waals surface area contributed by atoms with Crippen LogP contribution in [-0.4, -0.2) is 30.9 Å². The number of nitrogens with one attached hydrogen (secondary N) is 4. The van der Waals surface area contributed by atoms with Gasteiger partial charge in [-0.25, -0.2) is 4.79 Å². The monoisotopic (exact) mass is 368 g/mol. The van der Waals surface area contributed by atoms with Crippen molar-refractivity contribution < 1.29 is 14.4 Å². The lowest BCUT2D eigenvalue weighted by atomic mass is 10.1. The standard InChI is InChI=1S/C20H24N4O3/c1-12-8-9-17(13(2)10-12)23-20(27)24-18(25)14(3)22-16-7-5-6-15(11-16)19(26)21-4/h5-11,14,22H,1-4H3,(H,21,26)(H2,23,24,25,27). The van der Waals surface area contributed by atoms with E-state index >= 15 is 0 Å². The van der Waals surface area contributed by atoms with Crippen LogP contribution in [0, 0.1) is 13.8 Å². The first-order valence-electron chi connectivity index (χ1n) is 8.58. The van der Waals surface area contributed by atoms with Gasteiger partial charge in [0.15, 0.2) is 0 Å². The van der Waals surface area contributed by atoms with Gasteiger partial charge in [0, 0.05) is 24.0 Å². The summed E-state index contributed by atoms with van der Waals surface area (Å²) in [5.74, 6) is -0.703. The lowest BCUT2D eigenvalue weighted by molar-refractivity contribution is -0.120. The molecule has 0 aromatic heterocycles. The molecule has 4 N–H and O–H groups in total. The minimum Gasteiger partial charge on any atom is -0.374 e. The highest BCUT2D eigenvalue weighted by molar-refractivity contribution is 6.03. The molecule has 0 aliphatic rings. The maximum atomic E-state index is 12.2. The van der Waals surface area contributed by atoms with Crippen LogP contribution >= 0.6 is 0 Å². The Morgan fingerprint density at radius 2 is 1.74 bits per heavy atom. The molecule has 0 bridgehead atoms. The zero-order valence-corrected chi connectivity index (χ0v) is 15.8. The van der Waals surface area contributed by atoms with Gasteiger partial charge in [-0.1, -0.05) is 23.8 Å². The number of amides is 4. The van der Waals surface area contributed by atoms with Gasteiger partial charge >= 0.3 is 6.03 Å². The molecule has 0 spiro atoms. The third-order valence-corrected chi connectivity index (χ3v) is 4.00. The number of aryl methyl sites for hydroxylation is 2. The quantitative estimate of drug-likeness (QED) is 0.652. The largest absolute Gasteiger partial charge is 0.374 e. The molecule has 4 amide bonds. The van der Waals surface area contributed by atoms with Gasteiger partial charge in [-0.3, -0.25) is 14.9 Å². The normalized spacial score (nSPS) is 11.3. The molecule has 1 atom stereocenters. The summed E-state index contributed by atoms with van der Waals surface area (Å²) >= 11 is 0. The number of carbonyl (C=O) groups is 3. The van der Waals surface area contributed by atoms with Crippen molar-refractivity contribution in [2.45, 2.75) is 26.8 Å². The fourth-order valence-corrected chi connectivity index (χ4v) is 2.54. The zero-order valence-electron chi connectivity index (χ0n) is 15.8. The van der Waals surface area contributed by atoms with Gasteiger partial charge in [0.2, 0.25) is 5.91 Å². The summed E-state index contributed by atoms with van der Waals surface area (Å²) < 4.78 is 0. The molecule has 2 rings (SSSR count). The van der Waals surface area contributed by atoms with Gasteiger partial charge in [-0.15, -0.1) is 0 Å². The second kappa shape index (κ2) is 8.84. The number of carbonyl (C=O) groups excluding carboxylic acids is 3. The average Bonchev–Trinajstić information content (AvgIpc) is 2.63. The average molecular weight is 368 g/mol. The van der Waals surface area contributed by atoms with Crippen molar-refractivity contribution in [3.8, 4) is 0 Å². The van der Waals surface area contributed by atoms with Crippen LogP contribution in [0.1, 0.15) is 28.4 Å². The molecule has 0 heterocycles. The molecule has 0 aliphatic heterocycles. The van der Waals surface area contributed by atoms with Gasteiger partial charge in [-0.05, 0) is 50.6 Å². The van der Waals surface area contributed by atoms with Crippen molar-refractivity contribution in [2.24, 2.45) is 0 Å². The van der Waals surface area contributed by atoms with E-state index in [1.165, 1.54) is 0 Å². The first kappa shape index (κ1) is 20.0. The highest BCUT2D eigenvalue weighted by Crippen LogP contribution is 2.16. The van der Waals surface area contributed by atoms with Crippen LogP contribution in [-0.2, 0) is 4.79 Å². The number of benzene rings is 2. The van der Waals surface area contributed by atoms with E-state index < -0.39 is 18.0 Å². The van der Waals surface area contributed by atoms with Gasteiger partial charge < -0.3 is 16.0 Å². The molecule has 27 heavy (non-hydrogen) atoms. The Bertz CT molecular complexity index is 864. The molecule has 0 saturated carbocycles. The molecular formula is C20H24N4O3. The lowest BCUT2D eigenvalue weighted by Crippen LogP contribution is -2.43. The van der Waals surface area contributed by atoms with E-state index in [0.29, 0.717) is 16.9 Å². The molecular weight excluding hydrogens is 344 g/mol. The van der Waals surface area contributed by atoms with E-state index in [2.05, 4.69) is 21.3 Å². The summed E-state index contributed by atoms with van der Waals surface area (Å²) in [4.78, 5) is 36.0. The number of imide groups is 1. The van der Waals surface area contributed by atoms with Crippen LogP contribution in [0.5, 0.6) is 0 Å². The number of anilines is 2. The van der Waals surface area contributed by atoms with Gasteiger partial charge in [0.25, 0.3) is 5.91 Å². The molecule has 142 valence electrons. The molecule has 7 nitrogen and oxygen atoms in total. The van der Waals surface area contributed by atoms with Crippen LogP contribution in [0.15, 0.2) is 42.5 Å². The van der Waals surface area contributed by atoms with Crippen molar-refractivity contribution in [2.75, 3.05) is 17.7 Å². The third kappa shape index (κ3) is 5.57. The van der Waals surface area contributed by atoms with Crippen molar-refractivity contribution in [1.29, 1.82) is 0 Å². The van der Waals surface area contributed by atoms with Crippen molar-refractivity contribution >= 4 is 29.2 Å². The predicted octanol–water partition coefficient (Wildman–Crippen LogP) is 2.81. The highest BCUT2D eigenvalue weighted by atomic mass is 16.2. The Morgan fingerprint density at radius 3 is 2.41 bits per heavy atom. The number of hydrogen-bond acceptors (Lipinski definition) is 4. The second-order valence-electron chi connectivity index (χ2n) is 6.29. The zero-order chi connectivity index (χ0) is 20.0. The maximum Gasteiger partial charge on any atom is 0.325 e. The van der Waals surface area contributed by atoms with Gasteiger partial charge in [-0.2, -0.15) is 0 Å². The van der Waals surface area contributed by atoms with Crippen molar-refractivity contribution in [1.82, 2.24) is 10.6 Å². The summed E-state index contributed by atoms with van der Waals surface area (Å²) in [5, 5.41) is 10.5. The molecule has 7 heteroatoms. The summed E-state index contributed by atoms with van der Waals surface area (Å²) in [6, 6.07) is 11.1. The first-order chi connectivity index (χ1) is 12.8. The van der Waals surface area contributed by atoms with E-state index in [1.54, 1.807) is 44.3 Å². The Balaban J connectivity index is 1.95. The highest BCUT2D eigenvalue weighted by Gasteiger charge is 2.16. The predicted molar refractivity (Wildman–Crippen MR) is 106 cm³/mol. The third-order valence-electron chi connectivity index (χ3n) is 4.00. The topological polar surface area (TPSA) is 99.3 Å². The molecule has 2 aromatic carbocycles. The van der Waals surface area contributed by atoms with Crippen LogP contribution in [0.25, 0.3) is 0 Å². The van der Waals surface area contributed by atoms with Crippen LogP contribution in [0.3, 0.4) is 0 Å². The second-order valence-corrected chi connectivity index (χ2v) is 6.29. The maximum absolute atomic E-state index is 12.2. The Hall–Kier alpha value is -3.35. The van der Waals surface area contributed by atoms with E-state index in [4.69, 9.17) is 0 Å². The SMILES string of the molecule is CNC(=O)c1cccc(NC(C)C(=O)NC(=O)Nc2ccc(C)cc2C)c1. The lowest BCUT2D eigenvalue weighted by Gasteiger charge is -2.16. The van der Waals surface area contributed by atoms with Crippen molar-refractivity contribution in [3.63, 3.8) is 0 Å². The minimum atomic E-state index is -0.671. The summed E-state index contributed by atoms with van der Waals surface area (Å²) in [5.41, 5.74) is 3.72. The Morgan fingerprint density at radius 1 is 1.00 bits per heavy atom. The smallest absolute Gasteiger partial charge is 0.325 e. The van der Waals surface area contributed by atoms with E-state index in [-0.39, 0.29) is 5.91 Å². The van der Waals surface area contributed by atoms with E-state index in [1.807, 2.05) is 26.0 Å². The summed E-state index contributed by atoms with van der Waals surface area (Å²) in [6.45, 7) is 5.48. The molecule has 0 fully saturated rings. The molecule has 0 aliphatic carbocycles. The van der Waals surface area contributed by atoms with Gasteiger partial charge in [0.1, 0.15) is 6.04 Å². The fourth-order valence-electron chi connectivity index (χ4n) is 2.54. The number of rotatable bonds is 5. The van der Waals surface area contributed by atoms with Crippen molar-refractivity contribution in [3.05, 3.63) is 59.2 Å². The number of urea groups is 1. The Kier molecular flexibility index (Phi) is 6.54.